The number of amides is 1. The third-order valence-corrected chi connectivity index (χ3v) is 4.90. The van der Waals surface area contributed by atoms with Crippen LogP contribution in [0.15, 0.2) is 53.5 Å². The van der Waals surface area contributed by atoms with Gasteiger partial charge in [0, 0.05) is 36.8 Å². The van der Waals surface area contributed by atoms with E-state index in [2.05, 4.69) is 27.9 Å². The van der Waals surface area contributed by atoms with E-state index in [4.69, 9.17) is 11.6 Å². The van der Waals surface area contributed by atoms with Gasteiger partial charge in [-0.05, 0) is 49.1 Å². The average Bonchev–Trinajstić information content (AvgIpc) is 2.72. The third kappa shape index (κ3) is 8.62. The minimum Gasteiger partial charge on any atom is -0.356 e. The summed E-state index contributed by atoms with van der Waals surface area (Å²) < 4.78 is 0. The van der Waals surface area contributed by atoms with Crippen LogP contribution in [0.4, 0.5) is 0 Å². The van der Waals surface area contributed by atoms with Crippen molar-refractivity contribution >= 4 is 47.4 Å². The molecule has 0 bridgehead atoms. The molecule has 2 aromatic rings. The van der Waals surface area contributed by atoms with Gasteiger partial charge in [-0.2, -0.15) is 0 Å². The smallest absolute Gasteiger partial charge is 0.251 e. The van der Waals surface area contributed by atoms with Crippen LogP contribution in [0.5, 0.6) is 0 Å². The number of carbonyl (C=O) groups is 1. The predicted octanol–water partition coefficient (Wildman–Crippen LogP) is 4.39. The highest BCUT2D eigenvalue weighted by Crippen LogP contribution is 2.14. The third-order valence-electron chi connectivity index (χ3n) is 4.53. The Morgan fingerprint density at radius 1 is 1.10 bits per heavy atom. The van der Waals surface area contributed by atoms with Crippen LogP contribution in [-0.4, -0.2) is 31.5 Å². The van der Waals surface area contributed by atoms with Gasteiger partial charge in [0.2, 0.25) is 0 Å². The lowest BCUT2D eigenvalue weighted by Crippen LogP contribution is -2.37. The summed E-state index contributed by atoms with van der Waals surface area (Å²) in [7, 11) is 1.74. The fourth-order valence-corrected chi connectivity index (χ4v) is 2.84. The van der Waals surface area contributed by atoms with E-state index < -0.39 is 0 Å². The molecule has 0 aromatic heterocycles. The highest BCUT2D eigenvalue weighted by Gasteiger charge is 2.08. The Kier molecular flexibility index (Phi) is 11.7. The fourth-order valence-electron chi connectivity index (χ4n) is 2.61. The van der Waals surface area contributed by atoms with E-state index in [1.807, 2.05) is 55.5 Å². The number of aliphatic imine (C=N–C) groups is 1. The van der Waals surface area contributed by atoms with Crippen molar-refractivity contribution in [3.05, 3.63) is 70.2 Å². The van der Waals surface area contributed by atoms with Gasteiger partial charge in [-0.3, -0.25) is 9.79 Å². The Labute approximate surface area is 195 Å². The molecule has 1 amide bonds. The first-order valence-electron chi connectivity index (χ1n) is 9.61. The highest BCUT2D eigenvalue weighted by molar-refractivity contribution is 14.0. The molecular formula is C22H30ClIN4O. The largest absolute Gasteiger partial charge is 0.356 e. The quantitative estimate of drug-likeness (QED) is 0.270. The molecule has 3 N–H and O–H groups in total. The van der Waals surface area contributed by atoms with E-state index in [0.29, 0.717) is 12.1 Å². The lowest BCUT2D eigenvalue weighted by atomic mass is 10.1. The maximum absolute atomic E-state index is 12.1. The molecular weight excluding hydrogens is 499 g/mol. The van der Waals surface area contributed by atoms with Gasteiger partial charge in [0.1, 0.15) is 0 Å². The molecule has 29 heavy (non-hydrogen) atoms. The van der Waals surface area contributed by atoms with Crippen LogP contribution in [0.25, 0.3) is 0 Å². The fraction of sp³-hybridized carbons (Fsp3) is 0.364. The first-order valence-corrected chi connectivity index (χ1v) is 9.99. The topological polar surface area (TPSA) is 65.5 Å². The second kappa shape index (κ2) is 13.4. The van der Waals surface area contributed by atoms with Crippen LogP contribution in [0.1, 0.15) is 41.8 Å². The summed E-state index contributed by atoms with van der Waals surface area (Å²) in [6.07, 6.45) is 1.73. The Hall–Kier alpha value is -1.80. The number of hydrogen-bond acceptors (Lipinski definition) is 2. The van der Waals surface area contributed by atoms with E-state index in [1.165, 1.54) is 0 Å². The van der Waals surface area contributed by atoms with Crippen molar-refractivity contribution in [2.75, 3.05) is 13.6 Å². The van der Waals surface area contributed by atoms with Gasteiger partial charge in [0.25, 0.3) is 5.91 Å². The summed E-state index contributed by atoms with van der Waals surface area (Å²) in [5.74, 6) is 0.691. The van der Waals surface area contributed by atoms with Gasteiger partial charge >= 0.3 is 0 Å². The van der Waals surface area contributed by atoms with Crippen LogP contribution in [0, 0.1) is 0 Å². The Morgan fingerprint density at radius 3 is 2.41 bits per heavy atom. The van der Waals surface area contributed by atoms with Crippen LogP contribution in [0.3, 0.4) is 0 Å². The summed E-state index contributed by atoms with van der Waals surface area (Å²) in [5.41, 5.74) is 2.86. The highest BCUT2D eigenvalue weighted by atomic mass is 127. The number of rotatable bonds is 8. The van der Waals surface area contributed by atoms with Gasteiger partial charge in [0.05, 0.1) is 0 Å². The Morgan fingerprint density at radius 2 is 1.79 bits per heavy atom. The summed E-state index contributed by atoms with van der Waals surface area (Å²) in [6.45, 7) is 5.41. The van der Waals surface area contributed by atoms with Crippen LogP contribution >= 0.6 is 35.6 Å². The molecule has 0 saturated carbocycles. The minimum absolute atomic E-state index is 0. The molecule has 5 nitrogen and oxygen atoms in total. The number of halogens is 2. The molecule has 0 spiro atoms. The van der Waals surface area contributed by atoms with Crippen molar-refractivity contribution < 1.29 is 4.79 Å². The van der Waals surface area contributed by atoms with E-state index in [9.17, 15) is 4.79 Å². The normalized spacial score (nSPS) is 11.9. The number of benzene rings is 2. The molecule has 0 fully saturated rings. The van der Waals surface area contributed by atoms with Gasteiger partial charge in [-0.25, -0.2) is 0 Å². The summed E-state index contributed by atoms with van der Waals surface area (Å²) >= 11 is 6.18. The summed E-state index contributed by atoms with van der Waals surface area (Å²) in [6, 6.07) is 15.6. The first kappa shape index (κ1) is 25.2. The van der Waals surface area contributed by atoms with Gasteiger partial charge < -0.3 is 16.0 Å². The average molecular weight is 529 g/mol. The molecule has 1 atom stereocenters. The van der Waals surface area contributed by atoms with Crippen LogP contribution < -0.4 is 16.0 Å². The van der Waals surface area contributed by atoms with Crippen molar-refractivity contribution in [2.45, 2.75) is 39.3 Å². The number of nitrogens with zero attached hydrogens (tertiary/aromatic N) is 1. The number of guanidine groups is 1. The molecule has 0 radical (unpaired) electrons. The molecule has 7 heteroatoms. The first-order chi connectivity index (χ1) is 13.5. The molecule has 0 aliphatic carbocycles. The van der Waals surface area contributed by atoms with E-state index in [0.717, 1.165) is 41.5 Å². The Bertz CT molecular complexity index is 796. The molecule has 2 aromatic carbocycles. The predicted molar refractivity (Wildman–Crippen MR) is 132 cm³/mol. The number of carbonyl (C=O) groups excluding carboxylic acids is 1. The molecule has 0 saturated heterocycles. The van der Waals surface area contributed by atoms with Crippen molar-refractivity contribution in [1.82, 2.24) is 16.0 Å². The van der Waals surface area contributed by atoms with E-state index in [1.54, 1.807) is 7.05 Å². The van der Waals surface area contributed by atoms with Crippen molar-refractivity contribution in [3.8, 4) is 0 Å². The lowest BCUT2D eigenvalue weighted by molar-refractivity contribution is 0.0939. The lowest BCUT2D eigenvalue weighted by Gasteiger charge is -2.13. The van der Waals surface area contributed by atoms with Gasteiger partial charge in [-0.15, -0.1) is 24.0 Å². The number of hydrogen-bond donors (Lipinski definition) is 3. The van der Waals surface area contributed by atoms with E-state index in [-0.39, 0.29) is 35.9 Å². The second-order valence-corrected chi connectivity index (χ2v) is 7.08. The summed E-state index contributed by atoms with van der Waals surface area (Å²) in [5, 5.41) is 10.3. The van der Waals surface area contributed by atoms with Gasteiger partial charge in [-0.1, -0.05) is 48.9 Å². The van der Waals surface area contributed by atoms with Gasteiger partial charge in [0.15, 0.2) is 5.96 Å². The molecule has 0 heterocycles. The second-order valence-electron chi connectivity index (χ2n) is 6.67. The molecule has 2 rings (SSSR count). The van der Waals surface area contributed by atoms with Crippen molar-refractivity contribution in [1.29, 1.82) is 0 Å². The zero-order valence-corrected chi connectivity index (χ0v) is 20.3. The van der Waals surface area contributed by atoms with Crippen LogP contribution in [0.2, 0.25) is 5.02 Å². The Balaban J connectivity index is 0.00000420. The zero-order valence-electron chi connectivity index (χ0n) is 17.2. The molecule has 0 aliphatic heterocycles. The zero-order chi connectivity index (χ0) is 20.4. The molecule has 1 unspecified atom stereocenters. The molecule has 0 aliphatic rings. The summed E-state index contributed by atoms with van der Waals surface area (Å²) in [4.78, 5) is 16.4. The van der Waals surface area contributed by atoms with Crippen molar-refractivity contribution in [2.24, 2.45) is 4.99 Å². The van der Waals surface area contributed by atoms with Crippen molar-refractivity contribution in [3.63, 3.8) is 0 Å². The minimum atomic E-state index is -0.0362. The maximum atomic E-state index is 12.1. The number of nitrogens with one attached hydrogen (secondary N) is 3. The monoisotopic (exact) mass is 528 g/mol. The standard InChI is InChI=1S/C22H29ClN4O.HI/c1-4-16(2)27-21(28)19-11-9-17(10-12-19)15-26-22(24-3)25-14-13-18-7-5-6-8-20(18)23;/h5-12,16H,4,13-15H2,1-3H3,(H,27,28)(H2,24,25,26);1H. The SMILES string of the molecule is CCC(C)NC(=O)c1ccc(CNC(=NC)NCCc2ccccc2Cl)cc1.I. The van der Waals surface area contributed by atoms with E-state index >= 15 is 0 Å². The molecule has 158 valence electrons. The maximum Gasteiger partial charge on any atom is 0.251 e. The van der Waals surface area contributed by atoms with Crippen LogP contribution in [-0.2, 0) is 13.0 Å².